The largest absolute Gasteiger partial charge is 0.491 e. The lowest BCUT2D eigenvalue weighted by atomic mass is 10.0. The minimum absolute atomic E-state index is 0.174. The van der Waals surface area contributed by atoms with E-state index in [1.165, 1.54) is 24.9 Å². The van der Waals surface area contributed by atoms with E-state index in [1.54, 1.807) is 0 Å². The van der Waals surface area contributed by atoms with Gasteiger partial charge in [0.2, 0.25) is 5.43 Å². The molecule has 2 rings (SSSR count). The Kier molecular flexibility index (Phi) is 4.42. The molecule has 0 aliphatic rings. The van der Waals surface area contributed by atoms with E-state index in [0.29, 0.717) is 11.6 Å². The number of ether oxygens (including phenoxy) is 1. The molecule has 1 heterocycles. The van der Waals surface area contributed by atoms with E-state index >= 15 is 0 Å². The van der Waals surface area contributed by atoms with E-state index in [2.05, 4.69) is 24.1 Å². The molecule has 1 aromatic carbocycles. The molecule has 0 aliphatic carbocycles. The van der Waals surface area contributed by atoms with Gasteiger partial charge in [-0.1, -0.05) is 26.0 Å². The molecule has 2 N–H and O–H groups in total. The zero-order valence-electron chi connectivity index (χ0n) is 12.3. The van der Waals surface area contributed by atoms with Crippen molar-refractivity contribution in [1.82, 2.24) is 4.98 Å². The van der Waals surface area contributed by atoms with Gasteiger partial charge < -0.3 is 15.0 Å². The highest BCUT2D eigenvalue weighted by atomic mass is 16.5. The number of methoxy groups -OCH3 is 1. The lowest BCUT2D eigenvalue weighted by Crippen LogP contribution is -2.17. The number of aromatic amines is 1. The number of rotatable bonds is 4. The van der Waals surface area contributed by atoms with Crippen LogP contribution in [0, 0.1) is 0 Å². The number of carbonyl (C=O) groups excluding carboxylic acids is 1. The van der Waals surface area contributed by atoms with Crippen LogP contribution >= 0.6 is 0 Å². The Hall–Kier alpha value is -2.56. The van der Waals surface area contributed by atoms with Crippen LogP contribution in [-0.4, -0.2) is 18.0 Å². The molecule has 5 nitrogen and oxygen atoms in total. The van der Waals surface area contributed by atoms with Gasteiger partial charge in [-0.15, -0.1) is 0 Å². The number of amides is 1. The summed E-state index contributed by atoms with van der Waals surface area (Å²) in [6, 6.07) is 8.84. The fraction of sp³-hybridized carbons (Fsp3) is 0.250. The summed E-state index contributed by atoms with van der Waals surface area (Å²) in [7, 11) is 1.40. The Bertz CT molecular complexity index is 687. The fourth-order valence-corrected chi connectivity index (χ4v) is 1.90. The van der Waals surface area contributed by atoms with Gasteiger partial charge in [0.25, 0.3) is 5.91 Å². The Morgan fingerprint density at radius 1 is 1.24 bits per heavy atom. The van der Waals surface area contributed by atoms with Gasteiger partial charge >= 0.3 is 0 Å². The molecule has 110 valence electrons. The number of pyridine rings is 1. The zero-order chi connectivity index (χ0) is 15.4. The minimum Gasteiger partial charge on any atom is -0.491 e. The second-order valence-electron chi connectivity index (χ2n) is 5.01. The maximum atomic E-state index is 12.1. The summed E-state index contributed by atoms with van der Waals surface area (Å²) >= 11 is 0. The first-order valence-corrected chi connectivity index (χ1v) is 6.69. The van der Waals surface area contributed by atoms with Crippen LogP contribution in [-0.2, 0) is 0 Å². The maximum absolute atomic E-state index is 12.1. The van der Waals surface area contributed by atoms with Gasteiger partial charge in [-0.05, 0) is 23.6 Å². The van der Waals surface area contributed by atoms with Gasteiger partial charge in [0.05, 0.1) is 7.11 Å². The monoisotopic (exact) mass is 286 g/mol. The highest BCUT2D eigenvalue weighted by Gasteiger charge is 2.09. The number of carbonyl (C=O) groups is 1. The van der Waals surface area contributed by atoms with Crippen molar-refractivity contribution in [2.24, 2.45) is 0 Å². The lowest BCUT2D eigenvalue weighted by Gasteiger charge is -2.08. The summed E-state index contributed by atoms with van der Waals surface area (Å²) in [5, 5.41) is 2.74. The second-order valence-corrected chi connectivity index (χ2v) is 5.01. The Balaban J connectivity index is 2.14. The first kappa shape index (κ1) is 14.8. The van der Waals surface area contributed by atoms with E-state index in [9.17, 15) is 9.59 Å². The predicted octanol–water partition coefficient (Wildman–Crippen LogP) is 2.76. The molecular weight excluding hydrogens is 268 g/mol. The molecule has 0 bridgehead atoms. The molecule has 1 amide bonds. The standard InChI is InChI=1S/C16H18N2O3/c1-10(2)11-4-6-12(7-5-11)18-16(20)13-8-14(19)15(21-3)9-17-13/h4-10H,1-3H3,(H,17,19)(H,18,20). The van der Waals surface area contributed by atoms with Gasteiger partial charge in [-0.3, -0.25) is 9.59 Å². The second kappa shape index (κ2) is 6.26. The SMILES string of the molecule is COc1c[nH]c(C(=O)Nc2ccc(C(C)C)cc2)cc1=O. The smallest absolute Gasteiger partial charge is 0.272 e. The van der Waals surface area contributed by atoms with E-state index in [0.717, 1.165) is 0 Å². The minimum atomic E-state index is -0.368. The summed E-state index contributed by atoms with van der Waals surface area (Å²) < 4.78 is 4.86. The van der Waals surface area contributed by atoms with Crippen molar-refractivity contribution in [2.75, 3.05) is 12.4 Å². The Labute approximate surface area is 123 Å². The number of aromatic nitrogens is 1. The van der Waals surface area contributed by atoms with E-state index in [1.807, 2.05) is 24.3 Å². The van der Waals surface area contributed by atoms with Crippen LogP contribution in [0.4, 0.5) is 5.69 Å². The van der Waals surface area contributed by atoms with Gasteiger partial charge in [0, 0.05) is 18.0 Å². The summed E-state index contributed by atoms with van der Waals surface area (Å²) in [6.07, 6.45) is 1.37. The third-order valence-electron chi connectivity index (χ3n) is 3.18. The Morgan fingerprint density at radius 2 is 1.90 bits per heavy atom. The van der Waals surface area contributed by atoms with E-state index < -0.39 is 0 Å². The quantitative estimate of drug-likeness (QED) is 0.907. The molecular formula is C16H18N2O3. The molecule has 0 unspecified atom stereocenters. The van der Waals surface area contributed by atoms with Gasteiger partial charge in [-0.25, -0.2) is 0 Å². The van der Waals surface area contributed by atoms with Crippen molar-refractivity contribution in [2.45, 2.75) is 19.8 Å². The molecule has 0 saturated carbocycles. The van der Waals surface area contributed by atoms with Crippen molar-refractivity contribution in [3.05, 3.63) is 58.0 Å². The van der Waals surface area contributed by atoms with Crippen molar-refractivity contribution < 1.29 is 9.53 Å². The van der Waals surface area contributed by atoms with Crippen molar-refractivity contribution in [1.29, 1.82) is 0 Å². The first-order valence-electron chi connectivity index (χ1n) is 6.69. The Morgan fingerprint density at radius 3 is 2.43 bits per heavy atom. The number of anilines is 1. The van der Waals surface area contributed by atoms with Gasteiger partial charge in [0.1, 0.15) is 5.69 Å². The average Bonchev–Trinajstić information content (AvgIpc) is 2.47. The molecule has 0 atom stereocenters. The van der Waals surface area contributed by atoms with Crippen LogP contribution in [0.5, 0.6) is 5.75 Å². The number of benzene rings is 1. The normalized spacial score (nSPS) is 10.5. The molecule has 0 fully saturated rings. The third kappa shape index (κ3) is 3.51. The molecule has 2 aromatic rings. The highest BCUT2D eigenvalue weighted by molar-refractivity contribution is 6.02. The van der Waals surface area contributed by atoms with Crippen molar-refractivity contribution in [3.63, 3.8) is 0 Å². The first-order chi connectivity index (χ1) is 10.0. The summed E-state index contributed by atoms with van der Waals surface area (Å²) in [4.78, 5) is 26.4. The van der Waals surface area contributed by atoms with Crippen LogP contribution in [0.1, 0.15) is 35.8 Å². The number of hydrogen-bond acceptors (Lipinski definition) is 3. The van der Waals surface area contributed by atoms with Crippen LogP contribution in [0.2, 0.25) is 0 Å². The lowest BCUT2D eigenvalue weighted by molar-refractivity contribution is 0.102. The average molecular weight is 286 g/mol. The van der Waals surface area contributed by atoms with E-state index in [-0.39, 0.29) is 22.8 Å². The van der Waals surface area contributed by atoms with Crippen LogP contribution in [0.25, 0.3) is 0 Å². The third-order valence-corrected chi connectivity index (χ3v) is 3.18. The number of H-pyrrole nitrogens is 1. The summed E-state index contributed by atoms with van der Waals surface area (Å²) in [6.45, 7) is 4.21. The number of nitrogens with one attached hydrogen (secondary N) is 2. The molecule has 1 aromatic heterocycles. The van der Waals surface area contributed by atoms with Gasteiger partial charge in [0.15, 0.2) is 5.75 Å². The van der Waals surface area contributed by atoms with Gasteiger partial charge in [-0.2, -0.15) is 0 Å². The molecule has 0 radical (unpaired) electrons. The van der Waals surface area contributed by atoms with Crippen molar-refractivity contribution >= 4 is 11.6 Å². The molecule has 0 aliphatic heterocycles. The van der Waals surface area contributed by atoms with E-state index in [4.69, 9.17) is 4.74 Å². The molecule has 0 saturated heterocycles. The van der Waals surface area contributed by atoms with Crippen molar-refractivity contribution in [3.8, 4) is 5.75 Å². The van der Waals surface area contributed by atoms with Crippen LogP contribution in [0.15, 0.2) is 41.3 Å². The fourth-order valence-electron chi connectivity index (χ4n) is 1.90. The predicted molar refractivity (Wildman–Crippen MR) is 82.1 cm³/mol. The highest BCUT2D eigenvalue weighted by Crippen LogP contribution is 2.17. The zero-order valence-corrected chi connectivity index (χ0v) is 12.3. The maximum Gasteiger partial charge on any atom is 0.272 e. The molecule has 0 spiro atoms. The van der Waals surface area contributed by atoms with Crippen LogP contribution in [0.3, 0.4) is 0 Å². The topological polar surface area (TPSA) is 71.2 Å². The van der Waals surface area contributed by atoms with Crippen LogP contribution < -0.4 is 15.5 Å². The molecule has 5 heteroatoms. The molecule has 21 heavy (non-hydrogen) atoms. The number of hydrogen-bond donors (Lipinski definition) is 2. The summed E-state index contributed by atoms with van der Waals surface area (Å²) in [5.74, 6) is 0.243. The summed E-state index contributed by atoms with van der Waals surface area (Å²) in [5.41, 5.74) is 1.73.